The highest BCUT2D eigenvalue weighted by Crippen LogP contribution is 2.18. The number of nitrogens with two attached hydrogens (primary N) is 1. The average molecular weight is 251 g/mol. The Hall–Kier alpha value is -1.27. The zero-order chi connectivity index (χ0) is 12.3. The van der Waals surface area contributed by atoms with Crippen molar-refractivity contribution in [2.24, 2.45) is 5.73 Å². The lowest BCUT2D eigenvalue weighted by Gasteiger charge is -2.09. The van der Waals surface area contributed by atoms with Gasteiger partial charge in [0.25, 0.3) is 0 Å². The molecule has 6 heteroatoms. The van der Waals surface area contributed by atoms with Crippen molar-refractivity contribution in [1.29, 1.82) is 0 Å². The number of hydrogen-bond donors (Lipinski definition) is 1. The maximum atomic E-state index is 6.07. The van der Waals surface area contributed by atoms with Crippen molar-refractivity contribution in [3.63, 3.8) is 0 Å². The fraction of sp³-hybridized carbons (Fsp3) is 0.545. The van der Waals surface area contributed by atoms with Gasteiger partial charge in [0.2, 0.25) is 0 Å². The Kier molecular flexibility index (Phi) is 3.86. The molecule has 0 fully saturated rings. The monoisotopic (exact) mass is 251 g/mol. The third-order valence-corrected chi connectivity index (χ3v) is 3.67. The van der Waals surface area contributed by atoms with Crippen molar-refractivity contribution in [2.45, 2.75) is 38.8 Å². The normalized spacial score (nSPS) is 14.8. The van der Waals surface area contributed by atoms with Crippen LogP contribution in [-0.2, 0) is 6.42 Å². The molecule has 0 saturated heterocycles. The molecule has 0 aliphatic carbocycles. The second-order valence-corrected chi connectivity index (χ2v) is 4.99. The highest BCUT2D eigenvalue weighted by atomic mass is 32.1. The average Bonchev–Trinajstić information content (AvgIpc) is 2.98. The fourth-order valence-electron chi connectivity index (χ4n) is 1.58. The molecule has 0 saturated carbocycles. The van der Waals surface area contributed by atoms with Gasteiger partial charge < -0.3 is 5.73 Å². The molecule has 2 rings (SSSR count). The van der Waals surface area contributed by atoms with Crippen LogP contribution in [0.5, 0.6) is 0 Å². The zero-order valence-electron chi connectivity index (χ0n) is 10.1. The van der Waals surface area contributed by atoms with Crippen LogP contribution in [0.4, 0.5) is 0 Å². The number of hydrogen-bond acceptors (Lipinski definition) is 5. The largest absolute Gasteiger partial charge is 0.323 e. The molecule has 17 heavy (non-hydrogen) atoms. The molecule has 0 aromatic carbocycles. The van der Waals surface area contributed by atoms with E-state index in [2.05, 4.69) is 28.5 Å². The second kappa shape index (κ2) is 5.37. The van der Waals surface area contributed by atoms with E-state index in [0.717, 1.165) is 23.4 Å². The van der Waals surface area contributed by atoms with Crippen LogP contribution in [0, 0.1) is 0 Å². The molecule has 2 unspecified atom stereocenters. The van der Waals surface area contributed by atoms with Gasteiger partial charge in [0.1, 0.15) is 0 Å². The number of rotatable bonds is 5. The quantitative estimate of drug-likeness (QED) is 0.881. The van der Waals surface area contributed by atoms with E-state index in [4.69, 9.17) is 5.73 Å². The highest BCUT2D eigenvalue weighted by Gasteiger charge is 2.12. The second-order valence-electron chi connectivity index (χ2n) is 4.17. The minimum Gasteiger partial charge on any atom is -0.323 e. The van der Waals surface area contributed by atoms with E-state index in [-0.39, 0.29) is 6.04 Å². The van der Waals surface area contributed by atoms with Crippen molar-refractivity contribution < 1.29 is 0 Å². The summed E-state index contributed by atoms with van der Waals surface area (Å²) in [5, 5.41) is 8.33. The lowest BCUT2D eigenvalue weighted by atomic mass is 10.1. The number of nitrogens with zero attached hydrogens (tertiary/aromatic N) is 4. The summed E-state index contributed by atoms with van der Waals surface area (Å²) >= 11 is 1.35. The Morgan fingerprint density at radius 3 is 3.00 bits per heavy atom. The van der Waals surface area contributed by atoms with Crippen LogP contribution in [0.25, 0.3) is 0 Å². The van der Waals surface area contributed by atoms with Crippen molar-refractivity contribution in [3.05, 3.63) is 29.0 Å². The summed E-state index contributed by atoms with van der Waals surface area (Å²) in [6.45, 7) is 4.31. The van der Waals surface area contributed by atoms with E-state index < -0.39 is 0 Å². The summed E-state index contributed by atoms with van der Waals surface area (Å²) in [5.41, 5.74) is 7.09. The van der Waals surface area contributed by atoms with E-state index in [0.29, 0.717) is 6.04 Å². The summed E-state index contributed by atoms with van der Waals surface area (Å²) in [7, 11) is 0. The Morgan fingerprint density at radius 1 is 1.53 bits per heavy atom. The molecule has 0 amide bonds. The van der Waals surface area contributed by atoms with E-state index >= 15 is 0 Å². The van der Waals surface area contributed by atoms with Crippen LogP contribution >= 0.6 is 11.5 Å². The van der Waals surface area contributed by atoms with Crippen LogP contribution in [-0.4, -0.2) is 19.4 Å². The molecule has 0 radical (unpaired) electrons. The van der Waals surface area contributed by atoms with Gasteiger partial charge in [0.05, 0.1) is 16.8 Å². The Balaban J connectivity index is 2.02. The molecule has 0 bridgehead atoms. The Bertz CT molecular complexity index is 450. The summed E-state index contributed by atoms with van der Waals surface area (Å²) in [5.74, 6) is 0. The van der Waals surface area contributed by atoms with Crippen LogP contribution < -0.4 is 5.73 Å². The number of aromatic nitrogens is 4. The van der Waals surface area contributed by atoms with E-state index in [1.165, 1.54) is 11.5 Å². The molecule has 0 spiro atoms. The SMILES string of the molecule is CCC(C)n1ccc(CC(N)c2cnns2)n1. The lowest BCUT2D eigenvalue weighted by Crippen LogP contribution is -2.13. The van der Waals surface area contributed by atoms with Crippen LogP contribution in [0.1, 0.15) is 42.9 Å². The van der Waals surface area contributed by atoms with Gasteiger partial charge in [0, 0.05) is 24.7 Å². The third kappa shape index (κ3) is 2.89. The predicted molar refractivity (Wildman–Crippen MR) is 67.8 cm³/mol. The molecular weight excluding hydrogens is 234 g/mol. The first kappa shape index (κ1) is 12.2. The van der Waals surface area contributed by atoms with Gasteiger partial charge in [-0.15, -0.1) is 5.10 Å². The zero-order valence-corrected chi connectivity index (χ0v) is 10.9. The van der Waals surface area contributed by atoms with Crippen LogP contribution in [0.3, 0.4) is 0 Å². The van der Waals surface area contributed by atoms with Gasteiger partial charge in [-0.05, 0) is 30.9 Å². The molecule has 2 N–H and O–H groups in total. The van der Waals surface area contributed by atoms with Crippen molar-refractivity contribution >= 4 is 11.5 Å². The molecule has 0 aliphatic heterocycles. The summed E-state index contributed by atoms with van der Waals surface area (Å²) < 4.78 is 5.81. The maximum Gasteiger partial charge on any atom is 0.0669 e. The summed E-state index contributed by atoms with van der Waals surface area (Å²) in [4.78, 5) is 1.00. The lowest BCUT2D eigenvalue weighted by molar-refractivity contribution is 0.472. The van der Waals surface area contributed by atoms with E-state index in [1.54, 1.807) is 6.20 Å². The van der Waals surface area contributed by atoms with Gasteiger partial charge in [-0.3, -0.25) is 4.68 Å². The first-order chi connectivity index (χ1) is 8.20. The summed E-state index contributed by atoms with van der Waals surface area (Å²) in [6.07, 6.45) is 5.54. The first-order valence-corrected chi connectivity index (χ1v) is 6.55. The molecular formula is C11H17N5S. The Labute approximate surface area is 105 Å². The Morgan fingerprint density at radius 2 is 2.35 bits per heavy atom. The van der Waals surface area contributed by atoms with Gasteiger partial charge in [0.15, 0.2) is 0 Å². The maximum absolute atomic E-state index is 6.07. The molecule has 2 aromatic heterocycles. The fourth-order valence-corrected chi connectivity index (χ4v) is 2.08. The minimum atomic E-state index is -0.0599. The molecule has 2 heterocycles. The smallest absolute Gasteiger partial charge is 0.0669 e. The highest BCUT2D eigenvalue weighted by molar-refractivity contribution is 7.05. The van der Waals surface area contributed by atoms with Gasteiger partial charge in [-0.2, -0.15) is 5.10 Å². The van der Waals surface area contributed by atoms with Gasteiger partial charge in [-0.1, -0.05) is 11.4 Å². The summed E-state index contributed by atoms with van der Waals surface area (Å²) in [6, 6.07) is 2.40. The molecule has 2 atom stereocenters. The van der Waals surface area contributed by atoms with Crippen molar-refractivity contribution in [3.8, 4) is 0 Å². The van der Waals surface area contributed by atoms with Crippen LogP contribution in [0.2, 0.25) is 0 Å². The van der Waals surface area contributed by atoms with Crippen molar-refractivity contribution in [2.75, 3.05) is 0 Å². The topological polar surface area (TPSA) is 69.6 Å². The van der Waals surface area contributed by atoms with Crippen LogP contribution in [0.15, 0.2) is 18.5 Å². The third-order valence-electron chi connectivity index (χ3n) is 2.88. The first-order valence-electron chi connectivity index (χ1n) is 5.77. The molecule has 92 valence electrons. The molecule has 2 aromatic rings. The minimum absolute atomic E-state index is 0.0599. The van der Waals surface area contributed by atoms with Gasteiger partial charge >= 0.3 is 0 Å². The standard InChI is InChI=1S/C11H17N5S/c1-3-8(2)16-5-4-9(14-16)6-10(12)11-7-13-15-17-11/h4-5,7-8,10H,3,6,12H2,1-2H3. The molecule has 5 nitrogen and oxygen atoms in total. The van der Waals surface area contributed by atoms with E-state index in [9.17, 15) is 0 Å². The van der Waals surface area contributed by atoms with Gasteiger partial charge in [-0.25, -0.2) is 0 Å². The molecule has 0 aliphatic rings. The van der Waals surface area contributed by atoms with Crippen molar-refractivity contribution in [1.82, 2.24) is 19.4 Å². The predicted octanol–water partition coefficient (Wildman–Crippen LogP) is 1.95. The van der Waals surface area contributed by atoms with E-state index in [1.807, 2.05) is 16.9 Å².